The molecule has 0 aromatic rings. The van der Waals surface area contributed by atoms with Gasteiger partial charge in [0.2, 0.25) is 5.79 Å². The molecule has 12 heteroatoms. The lowest BCUT2D eigenvalue weighted by Crippen LogP contribution is -2.67. The Kier molecular flexibility index (Phi) is 13.4. The molecule has 1 unspecified atom stereocenters. The Hall–Kier alpha value is -3.13. The van der Waals surface area contributed by atoms with Crippen LogP contribution >= 0.6 is 0 Å². The molecule has 5 aliphatic rings. The van der Waals surface area contributed by atoms with Crippen LogP contribution in [0.2, 0.25) is 0 Å². The second kappa shape index (κ2) is 17.2. The molecule has 55 heavy (non-hydrogen) atoms. The van der Waals surface area contributed by atoms with Gasteiger partial charge >= 0.3 is 17.9 Å². The summed E-state index contributed by atoms with van der Waals surface area (Å²) in [5.41, 5.74) is 1.03. The van der Waals surface area contributed by atoms with Crippen molar-refractivity contribution in [1.82, 2.24) is 0 Å². The van der Waals surface area contributed by atoms with E-state index >= 15 is 0 Å². The summed E-state index contributed by atoms with van der Waals surface area (Å²) in [7, 11) is 1.53. The molecule has 0 saturated carbocycles. The van der Waals surface area contributed by atoms with Crippen LogP contribution in [0.4, 0.5) is 0 Å². The fourth-order valence-electron chi connectivity index (χ4n) is 8.55. The second-order valence-electron chi connectivity index (χ2n) is 16.7. The molecule has 5 rings (SSSR count). The SMILES string of the molecule is C/C=C(\C)[C@H]1O[C@@]2(C[C@@H]3CC(C/C=C(\C)[C@H](OC(=O)C(C)C)[C@@H](C)/C=C/C=C4\CO[C@@H]5[C@H](OC)C(C)=C[C@@H](C(=O)O3)[C@]45O)O2)[C@H](O)[C@@H](OC(=O)C(C)C)[C@@H]1C. The standard InChI is InChI=1S/C43H62O12/c1-12-24(6)34-28(10)36(53-40(46)23(4)5)37(44)42(55-34)20-31-19-30(54-42)17-16-26(8)33(52-39(45)22(2)3)25(7)14-13-15-29-21-50-38-35(49-11)27(9)18-32(41(47)51-31)43(29,38)48/h12-16,18,22-23,25,28,30-38,44,48H,17,19-21H2,1-11H3/b14-13+,24-12+,26-16+,29-15+/t25-,28+,30?,31-,32-,33+,34+,35+,36-,37+,38+,42-,43+/m0/s1. The van der Waals surface area contributed by atoms with Crippen LogP contribution in [0.25, 0.3) is 0 Å². The number of allylic oxidation sites excluding steroid dienone is 3. The van der Waals surface area contributed by atoms with Gasteiger partial charge < -0.3 is 43.4 Å². The van der Waals surface area contributed by atoms with Crippen molar-refractivity contribution in [3.05, 3.63) is 58.7 Å². The summed E-state index contributed by atoms with van der Waals surface area (Å²) in [6.07, 6.45) is 4.79. The van der Waals surface area contributed by atoms with E-state index in [9.17, 15) is 24.6 Å². The Morgan fingerprint density at radius 3 is 2.31 bits per heavy atom. The van der Waals surface area contributed by atoms with Crippen LogP contribution in [0.5, 0.6) is 0 Å². The molecule has 0 amide bonds. The third kappa shape index (κ3) is 8.46. The second-order valence-corrected chi connectivity index (χ2v) is 16.7. The summed E-state index contributed by atoms with van der Waals surface area (Å²) in [6.45, 7) is 18.4. The van der Waals surface area contributed by atoms with Crippen LogP contribution in [0.3, 0.4) is 0 Å². The number of rotatable bonds is 6. The van der Waals surface area contributed by atoms with Crippen molar-refractivity contribution in [2.24, 2.45) is 29.6 Å². The van der Waals surface area contributed by atoms with Crippen molar-refractivity contribution in [1.29, 1.82) is 0 Å². The maximum Gasteiger partial charge on any atom is 0.316 e. The number of aliphatic hydroxyl groups is 2. The molecule has 306 valence electrons. The minimum absolute atomic E-state index is 0.0538. The topological polar surface area (TPSA) is 156 Å². The van der Waals surface area contributed by atoms with Gasteiger partial charge in [-0.25, -0.2) is 0 Å². The van der Waals surface area contributed by atoms with Gasteiger partial charge in [0.1, 0.15) is 48.1 Å². The van der Waals surface area contributed by atoms with Gasteiger partial charge in [-0.05, 0) is 56.4 Å². The van der Waals surface area contributed by atoms with E-state index in [0.717, 1.165) is 16.7 Å². The van der Waals surface area contributed by atoms with E-state index in [0.29, 0.717) is 12.0 Å². The van der Waals surface area contributed by atoms with Crippen molar-refractivity contribution < 1.29 is 57.8 Å². The van der Waals surface area contributed by atoms with Crippen molar-refractivity contribution in [3.63, 3.8) is 0 Å². The van der Waals surface area contributed by atoms with E-state index in [4.69, 9.17) is 33.2 Å². The molecular formula is C43H62O12. The van der Waals surface area contributed by atoms with Gasteiger partial charge in [-0.15, -0.1) is 0 Å². The first kappa shape index (κ1) is 43.0. The monoisotopic (exact) mass is 770 g/mol. The molecule has 4 aliphatic heterocycles. The molecule has 1 spiro atoms. The third-order valence-electron chi connectivity index (χ3n) is 12.0. The molecule has 13 atom stereocenters. The van der Waals surface area contributed by atoms with Gasteiger partial charge in [0.25, 0.3) is 0 Å². The van der Waals surface area contributed by atoms with Crippen LogP contribution in [0.15, 0.2) is 58.7 Å². The summed E-state index contributed by atoms with van der Waals surface area (Å²) < 4.78 is 43.9. The van der Waals surface area contributed by atoms with Gasteiger partial charge in [-0.3, -0.25) is 14.4 Å². The van der Waals surface area contributed by atoms with Crippen LogP contribution in [-0.2, 0) is 47.5 Å². The Morgan fingerprint density at radius 2 is 1.67 bits per heavy atom. The number of carbonyl (C=O) groups is 3. The van der Waals surface area contributed by atoms with Crippen LogP contribution < -0.4 is 0 Å². The number of carbonyl (C=O) groups excluding carboxylic acids is 3. The number of methoxy groups -OCH3 is 1. The fourth-order valence-corrected chi connectivity index (χ4v) is 8.55. The Balaban J connectivity index is 1.64. The maximum absolute atomic E-state index is 14.5. The van der Waals surface area contributed by atoms with Gasteiger partial charge in [0.15, 0.2) is 0 Å². The summed E-state index contributed by atoms with van der Waals surface area (Å²) in [4.78, 5) is 40.5. The highest BCUT2D eigenvalue weighted by Crippen LogP contribution is 2.49. The van der Waals surface area contributed by atoms with Crippen LogP contribution in [0.1, 0.15) is 88.5 Å². The average Bonchev–Trinajstić information content (AvgIpc) is 3.47. The Morgan fingerprint density at radius 1 is 1.00 bits per heavy atom. The lowest BCUT2D eigenvalue weighted by molar-refractivity contribution is -0.380. The van der Waals surface area contributed by atoms with E-state index in [1.54, 1.807) is 45.9 Å². The van der Waals surface area contributed by atoms with Gasteiger partial charge in [0, 0.05) is 31.8 Å². The van der Waals surface area contributed by atoms with E-state index < -0.39 is 89.9 Å². The third-order valence-corrected chi connectivity index (χ3v) is 12.0. The normalized spacial score (nSPS) is 42.4. The minimum atomic E-state index is -1.80. The van der Waals surface area contributed by atoms with Crippen LogP contribution in [-0.4, -0.2) is 102 Å². The van der Waals surface area contributed by atoms with Gasteiger partial charge in [-0.1, -0.05) is 78.0 Å². The molecule has 3 saturated heterocycles. The van der Waals surface area contributed by atoms with Crippen molar-refractivity contribution in [2.75, 3.05) is 13.7 Å². The molecule has 1 aliphatic carbocycles. The number of aliphatic hydroxyl groups excluding tert-OH is 1. The lowest BCUT2D eigenvalue weighted by Gasteiger charge is -2.54. The minimum Gasteiger partial charge on any atom is -0.462 e. The zero-order valence-electron chi connectivity index (χ0n) is 34.3. The number of fused-ring (bicyclic) bond motifs is 2. The lowest BCUT2D eigenvalue weighted by atomic mass is 9.70. The van der Waals surface area contributed by atoms with Crippen molar-refractivity contribution in [2.45, 2.75) is 149 Å². The highest BCUT2D eigenvalue weighted by molar-refractivity contribution is 5.78. The maximum atomic E-state index is 14.5. The quantitative estimate of drug-likeness (QED) is 0.200. The first-order chi connectivity index (χ1) is 25.9. The summed E-state index contributed by atoms with van der Waals surface area (Å²) in [5.74, 6) is -5.89. The molecule has 2 bridgehead atoms. The Labute approximate surface area is 325 Å². The molecule has 0 aromatic heterocycles. The van der Waals surface area contributed by atoms with E-state index in [-0.39, 0.29) is 37.3 Å². The molecule has 4 heterocycles. The number of esters is 3. The molecule has 0 aromatic carbocycles. The zero-order valence-corrected chi connectivity index (χ0v) is 34.3. The highest BCUT2D eigenvalue weighted by atomic mass is 16.7. The first-order valence-corrected chi connectivity index (χ1v) is 19.8. The van der Waals surface area contributed by atoms with Crippen molar-refractivity contribution in [3.8, 4) is 0 Å². The smallest absolute Gasteiger partial charge is 0.316 e. The zero-order chi connectivity index (χ0) is 40.6. The average molecular weight is 771 g/mol. The molecule has 12 nitrogen and oxygen atoms in total. The molecule has 0 radical (unpaired) electrons. The van der Waals surface area contributed by atoms with E-state index in [1.807, 2.05) is 59.8 Å². The number of ether oxygens (including phenoxy) is 7. The predicted octanol–water partition coefficient (Wildman–Crippen LogP) is 5.46. The number of hydrogen-bond donors (Lipinski definition) is 2. The molecular weight excluding hydrogens is 708 g/mol. The highest BCUT2D eigenvalue weighted by Gasteiger charge is 2.62. The number of hydrogen-bond acceptors (Lipinski definition) is 12. The largest absolute Gasteiger partial charge is 0.462 e. The summed E-state index contributed by atoms with van der Waals surface area (Å²) in [6, 6.07) is 0. The molecule has 3 fully saturated rings. The van der Waals surface area contributed by atoms with E-state index in [1.165, 1.54) is 7.11 Å². The van der Waals surface area contributed by atoms with Crippen LogP contribution in [0, 0.1) is 29.6 Å². The van der Waals surface area contributed by atoms with Gasteiger partial charge in [-0.2, -0.15) is 0 Å². The predicted molar refractivity (Wildman–Crippen MR) is 203 cm³/mol. The summed E-state index contributed by atoms with van der Waals surface area (Å²) >= 11 is 0. The Bertz CT molecular complexity index is 1610. The van der Waals surface area contributed by atoms with E-state index in [2.05, 4.69) is 0 Å². The molecule has 2 N–H and O–H groups in total. The first-order valence-electron chi connectivity index (χ1n) is 19.8. The van der Waals surface area contributed by atoms with Crippen molar-refractivity contribution >= 4 is 17.9 Å². The van der Waals surface area contributed by atoms with Gasteiger partial charge in [0.05, 0.1) is 30.7 Å². The fraction of sp³-hybridized carbons (Fsp3) is 0.698. The summed E-state index contributed by atoms with van der Waals surface area (Å²) in [5, 5.41) is 24.8.